The molecule has 0 heterocycles. The van der Waals surface area contributed by atoms with Crippen LogP contribution in [0.5, 0.6) is 0 Å². The van der Waals surface area contributed by atoms with Crippen molar-refractivity contribution in [3.8, 4) is 0 Å². The van der Waals surface area contributed by atoms with Crippen LogP contribution in [0.4, 0.5) is 0 Å². The second-order valence-electron chi connectivity index (χ2n) is 5.12. The number of hydrogen-bond donors (Lipinski definition) is 0. The summed E-state index contributed by atoms with van der Waals surface area (Å²) in [6, 6.07) is 22.2. The van der Waals surface area contributed by atoms with Gasteiger partial charge in [0.2, 0.25) is 0 Å². The molecule has 0 atom stereocenters. The van der Waals surface area contributed by atoms with Crippen LogP contribution >= 0.6 is 4.20 Å². The predicted octanol–water partition coefficient (Wildman–Crippen LogP) is 4.36. The zero-order valence-corrected chi connectivity index (χ0v) is 16.9. The van der Waals surface area contributed by atoms with Crippen LogP contribution in [-0.2, 0) is 0 Å². The molecule has 0 spiro atoms. The number of hydrogen-bond acceptors (Lipinski definition) is 0. The zero-order valence-electron chi connectivity index (χ0n) is 12.6. The molecule has 0 amide bonds. The Kier molecular flexibility index (Phi) is 7.51. The molecule has 0 N–H and O–H groups in total. The van der Waals surface area contributed by atoms with Gasteiger partial charge in [0.25, 0.3) is 0 Å². The van der Waals surface area contributed by atoms with E-state index in [1.165, 1.54) is 41.6 Å². The van der Waals surface area contributed by atoms with Gasteiger partial charge in [0.05, 0.1) is 0 Å². The fourth-order valence-electron chi connectivity index (χ4n) is 2.27. The van der Waals surface area contributed by atoms with Gasteiger partial charge in [-0.3, -0.25) is 0 Å². The van der Waals surface area contributed by atoms with E-state index in [2.05, 4.69) is 82.7 Å². The Labute approximate surface area is 142 Å². The van der Waals surface area contributed by atoms with Gasteiger partial charge in [-0.05, 0) is 0 Å². The first-order valence-corrected chi connectivity index (χ1v) is 15.1. The van der Waals surface area contributed by atoms with Crippen molar-refractivity contribution in [1.29, 1.82) is 0 Å². The van der Waals surface area contributed by atoms with E-state index in [1.807, 2.05) is 0 Å². The second-order valence-corrected chi connectivity index (χ2v) is 20.4. The van der Waals surface area contributed by atoms with Crippen LogP contribution in [0.15, 0.2) is 60.7 Å². The molecule has 0 saturated heterocycles. The van der Waals surface area contributed by atoms with Crippen molar-refractivity contribution in [2.75, 3.05) is 0 Å². The van der Waals surface area contributed by atoms with Crippen molar-refractivity contribution in [2.45, 2.75) is 37.9 Å². The summed E-state index contributed by atoms with van der Waals surface area (Å²) in [5, 5.41) is 4.43. The van der Waals surface area contributed by atoms with Gasteiger partial charge < -0.3 is 0 Å². The topological polar surface area (TPSA) is 0 Å². The SMILES string of the molecule is CCCCCC[Se]P(=[Se])(c1ccccc1)c1ccccc1. The van der Waals surface area contributed by atoms with E-state index in [0.29, 0.717) is 14.5 Å². The van der Waals surface area contributed by atoms with Crippen molar-refractivity contribution in [2.24, 2.45) is 0 Å². The Morgan fingerprint density at radius 3 is 1.81 bits per heavy atom. The summed E-state index contributed by atoms with van der Waals surface area (Å²) in [5.41, 5.74) is 0. The van der Waals surface area contributed by atoms with Crippen LogP contribution in [0, 0.1) is 0 Å². The van der Waals surface area contributed by atoms with Crippen LogP contribution in [0.1, 0.15) is 32.6 Å². The minimum atomic E-state index is -1.29. The first-order chi connectivity index (χ1) is 10.3. The third kappa shape index (κ3) is 4.95. The van der Waals surface area contributed by atoms with E-state index in [-0.39, 0.29) is 0 Å². The Balaban J connectivity index is 2.18. The molecule has 0 bridgehead atoms. The first-order valence-electron chi connectivity index (χ1n) is 7.63. The van der Waals surface area contributed by atoms with E-state index in [0.717, 1.165) is 0 Å². The quantitative estimate of drug-likeness (QED) is 0.333. The maximum atomic E-state index is 3.65. The molecule has 0 radical (unpaired) electrons. The van der Waals surface area contributed by atoms with E-state index in [4.69, 9.17) is 0 Å². The van der Waals surface area contributed by atoms with Crippen LogP contribution in [0.25, 0.3) is 0 Å². The summed E-state index contributed by atoms with van der Waals surface area (Å²) in [4.78, 5) is 0. The summed E-state index contributed by atoms with van der Waals surface area (Å²) in [5.74, 6) is 0. The van der Waals surface area contributed by atoms with Crippen molar-refractivity contribution in [1.82, 2.24) is 0 Å². The standard InChI is InChI=1S/C18H23PSe2/c1-2-3-4-11-16-21-19(20,17-12-7-5-8-13-17)18-14-9-6-10-15-18/h5-10,12-15H,2-4,11,16H2,1H3. The third-order valence-electron chi connectivity index (χ3n) is 3.46. The molecule has 2 rings (SSSR count). The van der Waals surface area contributed by atoms with Crippen molar-refractivity contribution in [3.05, 3.63) is 60.7 Å². The Morgan fingerprint density at radius 2 is 1.33 bits per heavy atom. The summed E-state index contributed by atoms with van der Waals surface area (Å²) in [6.45, 7) is 2.28. The summed E-state index contributed by atoms with van der Waals surface area (Å²) in [7, 11) is 0. The molecule has 0 aliphatic rings. The van der Waals surface area contributed by atoms with Gasteiger partial charge in [-0.2, -0.15) is 0 Å². The summed E-state index contributed by atoms with van der Waals surface area (Å²) < 4.78 is -1.29. The molecule has 0 aromatic heterocycles. The van der Waals surface area contributed by atoms with Crippen molar-refractivity contribution < 1.29 is 0 Å². The van der Waals surface area contributed by atoms with Gasteiger partial charge in [-0.1, -0.05) is 0 Å². The molecule has 21 heavy (non-hydrogen) atoms. The molecule has 2 aromatic carbocycles. The zero-order chi connectivity index (χ0) is 15.0. The summed E-state index contributed by atoms with van der Waals surface area (Å²) >= 11 is 4.30. The van der Waals surface area contributed by atoms with Gasteiger partial charge in [0.15, 0.2) is 0 Å². The average molecular weight is 428 g/mol. The van der Waals surface area contributed by atoms with E-state index < -0.39 is 4.20 Å². The molecule has 0 saturated carbocycles. The monoisotopic (exact) mass is 430 g/mol. The normalized spacial score (nSPS) is 11.5. The number of unbranched alkanes of at least 4 members (excludes halogenated alkanes) is 3. The van der Waals surface area contributed by atoms with E-state index in [1.54, 1.807) is 0 Å². The van der Waals surface area contributed by atoms with Gasteiger partial charge >= 0.3 is 143 Å². The Morgan fingerprint density at radius 1 is 0.810 bits per heavy atom. The van der Waals surface area contributed by atoms with Crippen LogP contribution < -0.4 is 10.6 Å². The maximum absolute atomic E-state index is 3.65. The Hall–Kier alpha value is -0.0910. The molecular weight excluding hydrogens is 405 g/mol. The second kappa shape index (κ2) is 9.14. The minimum absolute atomic E-state index is 0.642. The van der Waals surface area contributed by atoms with Crippen LogP contribution in [0.2, 0.25) is 5.32 Å². The van der Waals surface area contributed by atoms with E-state index in [9.17, 15) is 0 Å². The molecule has 0 unspecified atom stereocenters. The van der Waals surface area contributed by atoms with Gasteiger partial charge in [0.1, 0.15) is 0 Å². The fourth-order valence-corrected chi connectivity index (χ4v) is 14.6. The van der Waals surface area contributed by atoms with Gasteiger partial charge in [-0.25, -0.2) is 0 Å². The molecule has 112 valence electrons. The van der Waals surface area contributed by atoms with Crippen molar-refractivity contribution >= 4 is 44.4 Å². The fraction of sp³-hybridized carbons (Fsp3) is 0.333. The molecular formula is C18H23PSe2. The van der Waals surface area contributed by atoms with Gasteiger partial charge in [0, 0.05) is 0 Å². The van der Waals surface area contributed by atoms with Gasteiger partial charge in [-0.15, -0.1) is 0 Å². The summed E-state index contributed by atoms with van der Waals surface area (Å²) in [6.07, 6.45) is 5.48. The Bertz CT molecular complexity index is 523. The molecule has 0 fully saturated rings. The third-order valence-corrected chi connectivity index (χ3v) is 18.8. The molecule has 0 aliphatic heterocycles. The number of benzene rings is 2. The first kappa shape index (κ1) is 17.3. The molecule has 0 nitrogen and oxygen atoms in total. The van der Waals surface area contributed by atoms with Crippen LogP contribution in [-0.4, -0.2) is 29.6 Å². The van der Waals surface area contributed by atoms with E-state index >= 15 is 0 Å². The molecule has 3 heteroatoms. The van der Waals surface area contributed by atoms with Crippen molar-refractivity contribution in [3.63, 3.8) is 0 Å². The average Bonchev–Trinajstić information content (AvgIpc) is 2.56. The predicted molar refractivity (Wildman–Crippen MR) is 99.5 cm³/mol. The molecule has 2 aromatic rings. The molecule has 0 aliphatic carbocycles. The number of rotatable bonds is 8. The van der Waals surface area contributed by atoms with Crippen LogP contribution in [0.3, 0.4) is 0 Å².